The van der Waals surface area contributed by atoms with Gasteiger partial charge in [0.05, 0.1) is 5.69 Å². The number of carbonyl (C=O) groups excluding carboxylic acids is 1. The van der Waals surface area contributed by atoms with Crippen molar-refractivity contribution in [3.05, 3.63) is 24.3 Å². The van der Waals surface area contributed by atoms with Crippen LogP contribution < -0.4 is 16.2 Å². The molecule has 0 bridgehead atoms. The number of hydrazine groups is 1. The van der Waals surface area contributed by atoms with Crippen LogP contribution in [0.4, 0.5) is 5.69 Å². The molecule has 9 heteroatoms. The second kappa shape index (κ2) is 5.82. The number of likely N-dealkylation sites (tertiary alicyclic amines) is 1. The van der Waals surface area contributed by atoms with Gasteiger partial charge in [0, 0.05) is 26.1 Å². The zero-order valence-corrected chi connectivity index (χ0v) is 13.6. The van der Waals surface area contributed by atoms with E-state index in [0.717, 1.165) is 0 Å². The molecule has 0 radical (unpaired) electrons. The first-order valence-corrected chi connectivity index (χ1v) is 8.81. The minimum absolute atomic E-state index is 0.144. The summed E-state index contributed by atoms with van der Waals surface area (Å²) in [6.07, 6.45) is 1.22. The van der Waals surface area contributed by atoms with Gasteiger partial charge >= 0.3 is 0 Å². The number of carbonyl (C=O) groups is 1. The summed E-state index contributed by atoms with van der Waals surface area (Å²) in [7, 11) is -1.91. The summed E-state index contributed by atoms with van der Waals surface area (Å²) >= 11 is 0. The Morgan fingerprint density at radius 3 is 2.61 bits per heavy atom. The van der Waals surface area contributed by atoms with E-state index in [0.29, 0.717) is 37.6 Å². The maximum atomic E-state index is 12.4. The molecule has 0 saturated carbocycles. The summed E-state index contributed by atoms with van der Waals surface area (Å²) in [5, 5.41) is 0. The highest BCUT2D eigenvalue weighted by Crippen LogP contribution is 2.32. The molecule has 124 valence electrons. The first kappa shape index (κ1) is 15.8. The van der Waals surface area contributed by atoms with Crippen molar-refractivity contribution in [2.24, 2.45) is 16.2 Å². The van der Waals surface area contributed by atoms with Crippen LogP contribution in [0.3, 0.4) is 0 Å². The topological polar surface area (TPSA) is 108 Å². The predicted octanol–water partition coefficient (Wildman–Crippen LogP) is -0.117. The van der Waals surface area contributed by atoms with Gasteiger partial charge in [0.25, 0.3) is 10.0 Å². The number of benzene rings is 1. The van der Waals surface area contributed by atoms with Crippen molar-refractivity contribution in [2.75, 3.05) is 25.0 Å². The van der Waals surface area contributed by atoms with E-state index in [2.05, 4.69) is 9.82 Å². The zero-order chi connectivity index (χ0) is 16.6. The minimum atomic E-state index is -3.70. The number of nitrogens with two attached hydrogens (primary N) is 1. The number of nitrogens with one attached hydrogen (secondary N) is 1. The van der Waals surface area contributed by atoms with Gasteiger partial charge in [-0.1, -0.05) is 12.1 Å². The Hall–Kier alpha value is -2.13. The highest BCUT2D eigenvalue weighted by Gasteiger charge is 2.34. The average Bonchev–Trinajstić information content (AvgIpc) is 2.58. The second-order valence-electron chi connectivity index (χ2n) is 5.66. The van der Waals surface area contributed by atoms with Gasteiger partial charge in [-0.2, -0.15) is 8.42 Å². The largest absolute Gasteiger partial charge is 0.342 e. The molecule has 3 N–H and O–H groups in total. The van der Waals surface area contributed by atoms with Gasteiger partial charge in [-0.3, -0.25) is 10.2 Å². The van der Waals surface area contributed by atoms with E-state index in [9.17, 15) is 13.2 Å². The minimum Gasteiger partial charge on any atom is -0.342 e. The fourth-order valence-corrected chi connectivity index (χ4v) is 4.28. The molecule has 0 spiro atoms. The number of piperidine rings is 1. The van der Waals surface area contributed by atoms with Crippen LogP contribution in [-0.4, -0.2) is 45.3 Å². The lowest BCUT2D eigenvalue weighted by molar-refractivity contribution is -0.126. The molecule has 0 atom stereocenters. The Kier molecular flexibility index (Phi) is 3.99. The Balaban J connectivity index is 1.85. The maximum absolute atomic E-state index is 12.4. The standard InChI is InChI=1S/C14H19N5O3S/c1-18-11-4-2-3-5-12(11)23(21,22)17-14(18)19-8-6-10(7-9-19)13(20)16-15/h2-5,10H,6-9,15H2,1H3,(H,16,20). The monoisotopic (exact) mass is 337 g/mol. The Morgan fingerprint density at radius 1 is 1.30 bits per heavy atom. The third kappa shape index (κ3) is 2.77. The third-order valence-electron chi connectivity index (χ3n) is 4.30. The molecule has 3 rings (SSSR count). The molecule has 1 fully saturated rings. The highest BCUT2D eigenvalue weighted by molar-refractivity contribution is 7.90. The van der Waals surface area contributed by atoms with Crippen molar-refractivity contribution in [3.63, 3.8) is 0 Å². The molecule has 1 amide bonds. The van der Waals surface area contributed by atoms with E-state index >= 15 is 0 Å². The van der Waals surface area contributed by atoms with Gasteiger partial charge in [0.2, 0.25) is 11.9 Å². The summed E-state index contributed by atoms with van der Waals surface area (Å²) in [5.74, 6) is 5.24. The lowest BCUT2D eigenvalue weighted by Gasteiger charge is -2.38. The van der Waals surface area contributed by atoms with Crippen LogP contribution in [-0.2, 0) is 14.8 Å². The quantitative estimate of drug-likeness (QED) is 0.420. The molecule has 1 aromatic carbocycles. The van der Waals surface area contributed by atoms with E-state index in [-0.39, 0.29) is 16.7 Å². The summed E-state index contributed by atoms with van der Waals surface area (Å²) in [6, 6.07) is 6.79. The van der Waals surface area contributed by atoms with E-state index in [1.165, 1.54) is 0 Å². The predicted molar refractivity (Wildman–Crippen MR) is 86.1 cm³/mol. The maximum Gasteiger partial charge on any atom is 0.287 e. The summed E-state index contributed by atoms with van der Waals surface area (Å²) in [6.45, 7) is 1.11. The Labute approximate surface area is 135 Å². The first-order chi connectivity index (χ1) is 10.9. The molecule has 0 aliphatic carbocycles. The van der Waals surface area contributed by atoms with Crippen molar-refractivity contribution < 1.29 is 13.2 Å². The molecule has 8 nitrogen and oxygen atoms in total. The van der Waals surface area contributed by atoms with Crippen molar-refractivity contribution in [1.29, 1.82) is 0 Å². The van der Waals surface area contributed by atoms with Crippen LogP contribution in [0.1, 0.15) is 12.8 Å². The first-order valence-electron chi connectivity index (χ1n) is 7.37. The smallest absolute Gasteiger partial charge is 0.287 e. The van der Waals surface area contributed by atoms with Crippen LogP contribution in [0.25, 0.3) is 0 Å². The Bertz CT molecular complexity index is 753. The van der Waals surface area contributed by atoms with E-state index in [1.807, 2.05) is 4.90 Å². The number of para-hydroxylation sites is 1. The summed E-state index contributed by atoms with van der Waals surface area (Å²) < 4.78 is 28.7. The lowest BCUT2D eigenvalue weighted by Crippen LogP contribution is -2.50. The SMILES string of the molecule is CN1C(N2CCC(C(=O)NN)CC2)=NS(=O)(=O)c2ccccc21. The molecular formula is C14H19N5O3S. The van der Waals surface area contributed by atoms with Gasteiger partial charge in [0.1, 0.15) is 4.90 Å². The summed E-state index contributed by atoms with van der Waals surface area (Å²) in [4.78, 5) is 15.5. The van der Waals surface area contributed by atoms with E-state index in [4.69, 9.17) is 5.84 Å². The van der Waals surface area contributed by atoms with Gasteiger partial charge in [0.15, 0.2) is 0 Å². The van der Waals surface area contributed by atoms with Crippen molar-refractivity contribution in [3.8, 4) is 0 Å². The number of rotatable bonds is 1. The molecule has 2 aliphatic rings. The Morgan fingerprint density at radius 2 is 1.96 bits per heavy atom. The van der Waals surface area contributed by atoms with Gasteiger partial charge < -0.3 is 9.80 Å². The normalized spacial score (nSPS) is 20.7. The van der Waals surface area contributed by atoms with Gasteiger partial charge in [-0.15, -0.1) is 4.40 Å². The number of nitrogens with zero attached hydrogens (tertiary/aromatic N) is 3. The molecule has 0 unspecified atom stereocenters. The number of fused-ring (bicyclic) bond motifs is 1. The fourth-order valence-electron chi connectivity index (χ4n) is 3.01. The third-order valence-corrected chi connectivity index (χ3v) is 5.60. The van der Waals surface area contributed by atoms with Crippen LogP contribution in [0, 0.1) is 5.92 Å². The number of amides is 1. The van der Waals surface area contributed by atoms with Crippen molar-refractivity contribution >= 4 is 27.6 Å². The lowest BCUT2D eigenvalue weighted by atomic mass is 9.96. The number of hydrogen-bond acceptors (Lipinski definition) is 6. The van der Waals surface area contributed by atoms with E-state index in [1.54, 1.807) is 36.2 Å². The highest BCUT2D eigenvalue weighted by atomic mass is 32.2. The van der Waals surface area contributed by atoms with Crippen LogP contribution in [0.15, 0.2) is 33.6 Å². The van der Waals surface area contributed by atoms with Crippen LogP contribution >= 0.6 is 0 Å². The number of hydrogen-bond donors (Lipinski definition) is 2. The average molecular weight is 337 g/mol. The van der Waals surface area contributed by atoms with Crippen LogP contribution in [0.2, 0.25) is 0 Å². The fraction of sp³-hybridized carbons (Fsp3) is 0.429. The molecular weight excluding hydrogens is 318 g/mol. The van der Waals surface area contributed by atoms with Crippen molar-refractivity contribution in [1.82, 2.24) is 10.3 Å². The number of guanidine groups is 1. The molecule has 23 heavy (non-hydrogen) atoms. The number of sulfonamides is 1. The second-order valence-corrected chi connectivity index (χ2v) is 7.24. The van der Waals surface area contributed by atoms with E-state index < -0.39 is 10.0 Å². The van der Waals surface area contributed by atoms with Crippen LogP contribution in [0.5, 0.6) is 0 Å². The molecule has 0 aromatic heterocycles. The van der Waals surface area contributed by atoms with Gasteiger partial charge in [-0.25, -0.2) is 5.84 Å². The molecule has 1 aromatic rings. The molecule has 2 heterocycles. The van der Waals surface area contributed by atoms with Crippen molar-refractivity contribution in [2.45, 2.75) is 17.7 Å². The summed E-state index contributed by atoms with van der Waals surface area (Å²) in [5.41, 5.74) is 2.78. The number of anilines is 1. The van der Waals surface area contributed by atoms with Gasteiger partial charge in [-0.05, 0) is 25.0 Å². The molecule has 1 saturated heterocycles. The molecule has 2 aliphatic heterocycles. The zero-order valence-electron chi connectivity index (χ0n) is 12.8.